The average Bonchev–Trinajstić information content (AvgIpc) is 2.36. The molecule has 1 rings (SSSR count). The van der Waals surface area contributed by atoms with Gasteiger partial charge in [0.2, 0.25) is 0 Å². The van der Waals surface area contributed by atoms with Crippen molar-refractivity contribution in [3.05, 3.63) is 35.4 Å². The fourth-order valence-electron chi connectivity index (χ4n) is 2.05. The standard InChI is InChI=1S/C17H30N2/c1-6-19(7-2)13-15-10-8-14(9-11-15)12-16(18)17(3,4)5/h8-11,16H,6-7,12-13,18H2,1-5H3. The second-order valence-corrected chi connectivity index (χ2v) is 6.45. The van der Waals surface area contributed by atoms with Gasteiger partial charge < -0.3 is 5.73 Å². The number of rotatable bonds is 6. The highest BCUT2D eigenvalue weighted by molar-refractivity contribution is 5.23. The van der Waals surface area contributed by atoms with Crippen molar-refractivity contribution in [3.8, 4) is 0 Å². The molecule has 0 spiro atoms. The molecule has 0 heterocycles. The van der Waals surface area contributed by atoms with E-state index in [1.807, 2.05) is 0 Å². The fourth-order valence-corrected chi connectivity index (χ4v) is 2.05. The molecule has 108 valence electrons. The van der Waals surface area contributed by atoms with Crippen molar-refractivity contribution in [2.45, 2.75) is 53.6 Å². The minimum absolute atomic E-state index is 0.167. The molecule has 1 aromatic carbocycles. The Kier molecular flexibility index (Phi) is 6.02. The first-order valence-corrected chi connectivity index (χ1v) is 7.42. The Balaban J connectivity index is 2.61. The van der Waals surface area contributed by atoms with Gasteiger partial charge in [-0.15, -0.1) is 0 Å². The van der Waals surface area contributed by atoms with E-state index in [0.29, 0.717) is 0 Å². The Morgan fingerprint density at radius 2 is 1.47 bits per heavy atom. The first kappa shape index (κ1) is 16.2. The van der Waals surface area contributed by atoms with Crippen LogP contribution in [0.2, 0.25) is 0 Å². The third kappa shape index (κ3) is 5.33. The predicted octanol–water partition coefficient (Wildman–Crippen LogP) is 3.44. The molecule has 0 bridgehead atoms. The molecule has 2 nitrogen and oxygen atoms in total. The summed E-state index contributed by atoms with van der Waals surface area (Å²) in [5.74, 6) is 0. The van der Waals surface area contributed by atoms with Crippen LogP contribution in [0.1, 0.15) is 45.7 Å². The van der Waals surface area contributed by atoms with Crippen LogP contribution >= 0.6 is 0 Å². The lowest BCUT2D eigenvalue weighted by atomic mass is 9.84. The van der Waals surface area contributed by atoms with Crippen LogP contribution in [0.15, 0.2) is 24.3 Å². The van der Waals surface area contributed by atoms with Gasteiger partial charge in [0.25, 0.3) is 0 Å². The molecule has 1 atom stereocenters. The molecule has 0 aliphatic carbocycles. The molecule has 0 amide bonds. The molecule has 0 fully saturated rings. The van der Waals surface area contributed by atoms with E-state index < -0.39 is 0 Å². The SMILES string of the molecule is CCN(CC)Cc1ccc(CC(N)C(C)(C)C)cc1. The van der Waals surface area contributed by atoms with Crippen molar-refractivity contribution in [2.75, 3.05) is 13.1 Å². The molecule has 0 saturated heterocycles. The summed E-state index contributed by atoms with van der Waals surface area (Å²) in [7, 11) is 0. The van der Waals surface area contributed by atoms with Gasteiger partial charge in [0, 0.05) is 12.6 Å². The zero-order valence-electron chi connectivity index (χ0n) is 13.2. The van der Waals surface area contributed by atoms with Crippen LogP contribution in [0.4, 0.5) is 0 Å². The highest BCUT2D eigenvalue weighted by Crippen LogP contribution is 2.21. The fraction of sp³-hybridized carbons (Fsp3) is 0.647. The molecule has 2 N–H and O–H groups in total. The molecule has 0 saturated carbocycles. The quantitative estimate of drug-likeness (QED) is 0.851. The summed E-state index contributed by atoms with van der Waals surface area (Å²) >= 11 is 0. The predicted molar refractivity (Wildman–Crippen MR) is 84.2 cm³/mol. The average molecular weight is 262 g/mol. The van der Waals surface area contributed by atoms with Gasteiger partial charge in [0.15, 0.2) is 0 Å². The number of hydrogen-bond acceptors (Lipinski definition) is 2. The van der Waals surface area contributed by atoms with Crippen molar-refractivity contribution in [1.29, 1.82) is 0 Å². The lowest BCUT2D eigenvalue weighted by Gasteiger charge is -2.27. The van der Waals surface area contributed by atoms with E-state index in [9.17, 15) is 0 Å². The number of hydrogen-bond donors (Lipinski definition) is 1. The first-order chi connectivity index (χ1) is 8.86. The summed E-state index contributed by atoms with van der Waals surface area (Å²) in [6.07, 6.45) is 0.953. The lowest BCUT2D eigenvalue weighted by Crippen LogP contribution is -2.36. The zero-order valence-corrected chi connectivity index (χ0v) is 13.2. The van der Waals surface area contributed by atoms with E-state index >= 15 is 0 Å². The number of nitrogens with zero attached hydrogens (tertiary/aromatic N) is 1. The van der Waals surface area contributed by atoms with E-state index in [4.69, 9.17) is 5.73 Å². The summed E-state index contributed by atoms with van der Waals surface area (Å²) in [4.78, 5) is 2.43. The summed E-state index contributed by atoms with van der Waals surface area (Å²) < 4.78 is 0. The van der Waals surface area contributed by atoms with Gasteiger partial charge in [0.05, 0.1) is 0 Å². The van der Waals surface area contributed by atoms with Crippen molar-refractivity contribution < 1.29 is 0 Å². The number of benzene rings is 1. The summed E-state index contributed by atoms with van der Waals surface area (Å²) in [6.45, 7) is 14.3. The maximum absolute atomic E-state index is 6.24. The van der Waals surface area contributed by atoms with Crippen LogP contribution < -0.4 is 5.73 Å². The van der Waals surface area contributed by atoms with Crippen molar-refractivity contribution in [2.24, 2.45) is 11.1 Å². The Morgan fingerprint density at radius 1 is 1.00 bits per heavy atom. The molecule has 0 aromatic heterocycles. The van der Waals surface area contributed by atoms with E-state index in [-0.39, 0.29) is 11.5 Å². The third-order valence-corrected chi connectivity index (χ3v) is 3.89. The summed E-state index contributed by atoms with van der Waals surface area (Å²) in [5, 5.41) is 0. The Hall–Kier alpha value is -0.860. The van der Waals surface area contributed by atoms with Crippen LogP contribution in [0.25, 0.3) is 0 Å². The molecule has 0 aliphatic rings. The first-order valence-electron chi connectivity index (χ1n) is 7.42. The van der Waals surface area contributed by atoms with Crippen LogP contribution in [0.5, 0.6) is 0 Å². The minimum atomic E-state index is 0.167. The lowest BCUT2D eigenvalue weighted by molar-refractivity contribution is 0.296. The largest absolute Gasteiger partial charge is 0.327 e. The Morgan fingerprint density at radius 3 is 1.89 bits per heavy atom. The van der Waals surface area contributed by atoms with Gasteiger partial charge >= 0.3 is 0 Å². The van der Waals surface area contributed by atoms with Crippen LogP contribution in [-0.4, -0.2) is 24.0 Å². The monoisotopic (exact) mass is 262 g/mol. The van der Waals surface area contributed by atoms with Crippen molar-refractivity contribution >= 4 is 0 Å². The smallest absolute Gasteiger partial charge is 0.0233 e. The molecule has 0 radical (unpaired) electrons. The minimum Gasteiger partial charge on any atom is -0.327 e. The zero-order chi connectivity index (χ0) is 14.5. The van der Waals surface area contributed by atoms with Crippen LogP contribution in [0.3, 0.4) is 0 Å². The topological polar surface area (TPSA) is 29.3 Å². The second kappa shape index (κ2) is 7.06. The summed E-state index contributed by atoms with van der Waals surface area (Å²) in [6, 6.07) is 9.14. The normalized spacial score (nSPS) is 13.8. The van der Waals surface area contributed by atoms with Crippen LogP contribution in [0, 0.1) is 5.41 Å². The van der Waals surface area contributed by atoms with Gasteiger partial charge in [-0.25, -0.2) is 0 Å². The molecule has 1 aromatic rings. The van der Waals surface area contributed by atoms with Gasteiger partial charge in [-0.05, 0) is 36.1 Å². The highest BCUT2D eigenvalue weighted by atomic mass is 15.1. The van der Waals surface area contributed by atoms with Gasteiger partial charge in [0.1, 0.15) is 0 Å². The molecule has 19 heavy (non-hydrogen) atoms. The Bertz CT molecular complexity index is 358. The van der Waals surface area contributed by atoms with Crippen LogP contribution in [-0.2, 0) is 13.0 Å². The maximum atomic E-state index is 6.24. The van der Waals surface area contributed by atoms with E-state index in [0.717, 1.165) is 26.1 Å². The van der Waals surface area contributed by atoms with Gasteiger partial charge in [-0.3, -0.25) is 4.90 Å². The van der Waals surface area contributed by atoms with E-state index in [2.05, 4.69) is 63.8 Å². The maximum Gasteiger partial charge on any atom is 0.0233 e. The van der Waals surface area contributed by atoms with Crippen molar-refractivity contribution in [3.63, 3.8) is 0 Å². The number of nitrogens with two attached hydrogens (primary N) is 1. The highest BCUT2D eigenvalue weighted by Gasteiger charge is 2.20. The van der Waals surface area contributed by atoms with Gasteiger partial charge in [-0.1, -0.05) is 58.9 Å². The molecule has 2 heteroatoms. The molecular formula is C17H30N2. The third-order valence-electron chi connectivity index (χ3n) is 3.89. The molecule has 1 unspecified atom stereocenters. The Labute approximate surface area is 119 Å². The molecule has 0 aliphatic heterocycles. The van der Waals surface area contributed by atoms with Crippen molar-refractivity contribution in [1.82, 2.24) is 4.90 Å². The van der Waals surface area contributed by atoms with E-state index in [1.165, 1.54) is 11.1 Å². The summed E-state index contributed by atoms with van der Waals surface area (Å²) in [5.41, 5.74) is 9.13. The van der Waals surface area contributed by atoms with E-state index in [1.54, 1.807) is 0 Å². The molecular weight excluding hydrogens is 232 g/mol. The second-order valence-electron chi connectivity index (χ2n) is 6.45. The van der Waals surface area contributed by atoms with Gasteiger partial charge in [-0.2, -0.15) is 0 Å².